The maximum atomic E-state index is 11.0. The van der Waals surface area contributed by atoms with E-state index in [4.69, 9.17) is 9.47 Å². The number of halogens is 1. The lowest BCUT2D eigenvalue weighted by atomic mass is 10.2. The molecule has 10 heavy (non-hydrogen) atoms. The summed E-state index contributed by atoms with van der Waals surface area (Å²) in [5.74, 6) is -1.22. The summed E-state index contributed by atoms with van der Waals surface area (Å²) in [4.78, 5) is 11.0. The number of ketones is 1. The molecule has 0 aliphatic carbocycles. The Kier molecular flexibility index (Phi) is 4.08. The van der Waals surface area contributed by atoms with E-state index in [1.807, 2.05) is 0 Å². The SMILES string of the molecule is COC(C)(OC)C(=O)CBr. The molecule has 0 amide bonds. The second-order valence-corrected chi connectivity index (χ2v) is 2.47. The highest BCUT2D eigenvalue weighted by Crippen LogP contribution is 2.12. The average Bonchev–Trinajstić information content (AvgIpc) is 2.01. The first kappa shape index (κ1) is 10.1. The molecule has 0 aromatic carbocycles. The second-order valence-electron chi connectivity index (χ2n) is 1.91. The Morgan fingerprint density at radius 1 is 1.50 bits per heavy atom. The fourth-order valence-electron chi connectivity index (χ4n) is 0.432. The molecule has 0 aliphatic rings. The quantitative estimate of drug-likeness (QED) is 0.513. The predicted molar refractivity (Wildman–Crippen MR) is 41.2 cm³/mol. The van der Waals surface area contributed by atoms with Gasteiger partial charge in [0.25, 0.3) is 0 Å². The van der Waals surface area contributed by atoms with E-state index in [-0.39, 0.29) is 11.1 Å². The molecule has 0 aliphatic heterocycles. The molecule has 0 rings (SSSR count). The van der Waals surface area contributed by atoms with Crippen molar-refractivity contribution >= 4 is 21.7 Å². The van der Waals surface area contributed by atoms with Gasteiger partial charge in [-0.2, -0.15) is 0 Å². The van der Waals surface area contributed by atoms with E-state index in [1.165, 1.54) is 14.2 Å². The number of hydrogen-bond donors (Lipinski definition) is 0. The van der Waals surface area contributed by atoms with Gasteiger partial charge in [0.2, 0.25) is 11.6 Å². The van der Waals surface area contributed by atoms with Gasteiger partial charge in [0.1, 0.15) is 0 Å². The lowest BCUT2D eigenvalue weighted by Crippen LogP contribution is -2.40. The van der Waals surface area contributed by atoms with E-state index < -0.39 is 5.79 Å². The van der Waals surface area contributed by atoms with Crippen molar-refractivity contribution in [3.8, 4) is 0 Å². The Balaban J connectivity index is 4.17. The van der Waals surface area contributed by atoms with Crippen molar-refractivity contribution < 1.29 is 14.3 Å². The lowest BCUT2D eigenvalue weighted by molar-refractivity contribution is -0.196. The van der Waals surface area contributed by atoms with Crippen LogP contribution in [0.4, 0.5) is 0 Å². The summed E-state index contributed by atoms with van der Waals surface area (Å²) in [7, 11) is 2.87. The second kappa shape index (κ2) is 4.05. The first-order valence-electron chi connectivity index (χ1n) is 2.80. The van der Waals surface area contributed by atoms with Gasteiger partial charge in [-0.1, -0.05) is 15.9 Å². The molecular formula is C6H11BrO3. The Morgan fingerprint density at radius 3 is 2.00 bits per heavy atom. The number of Topliss-reactive ketones (excluding diaryl/α,β-unsaturated/α-hetero) is 1. The Labute approximate surface area is 68.8 Å². The molecule has 0 atom stereocenters. The molecule has 0 heterocycles. The van der Waals surface area contributed by atoms with Gasteiger partial charge < -0.3 is 9.47 Å². The van der Waals surface area contributed by atoms with Crippen LogP contribution in [0.3, 0.4) is 0 Å². The van der Waals surface area contributed by atoms with Gasteiger partial charge in [-0.25, -0.2) is 0 Å². The standard InChI is InChI=1S/C6H11BrO3/c1-6(9-2,10-3)5(8)4-7/h4H2,1-3H3. The van der Waals surface area contributed by atoms with Crippen molar-refractivity contribution in [3.63, 3.8) is 0 Å². The summed E-state index contributed by atoms with van der Waals surface area (Å²) in [6.07, 6.45) is 0. The predicted octanol–water partition coefficient (Wildman–Crippen LogP) is 0.959. The molecular weight excluding hydrogens is 200 g/mol. The molecule has 0 radical (unpaired) electrons. The number of rotatable bonds is 4. The van der Waals surface area contributed by atoms with Gasteiger partial charge in [0, 0.05) is 14.2 Å². The molecule has 0 fully saturated rings. The molecule has 0 N–H and O–H groups in total. The smallest absolute Gasteiger partial charge is 0.226 e. The highest BCUT2D eigenvalue weighted by molar-refractivity contribution is 9.09. The average molecular weight is 211 g/mol. The van der Waals surface area contributed by atoms with Crippen molar-refractivity contribution in [2.75, 3.05) is 19.5 Å². The summed E-state index contributed by atoms with van der Waals surface area (Å²) in [5.41, 5.74) is 0. The third-order valence-corrected chi connectivity index (χ3v) is 1.92. The van der Waals surface area contributed by atoms with E-state index in [1.54, 1.807) is 6.92 Å². The van der Waals surface area contributed by atoms with Crippen LogP contribution in [0.2, 0.25) is 0 Å². The zero-order chi connectivity index (χ0) is 8.20. The highest BCUT2D eigenvalue weighted by Gasteiger charge is 2.31. The fraction of sp³-hybridized carbons (Fsp3) is 0.833. The van der Waals surface area contributed by atoms with Crippen LogP contribution in [0, 0.1) is 0 Å². The van der Waals surface area contributed by atoms with E-state index >= 15 is 0 Å². The van der Waals surface area contributed by atoms with Crippen LogP contribution in [0.1, 0.15) is 6.92 Å². The minimum Gasteiger partial charge on any atom is -0.347 e. The number of hydrogen-bond acceptors (Lipinski definition) is 3. The number of ether oxygens (including phenoxy) is 2. The van der Waals surface area contributed by atoms with Crippen LogP contribution in [0.5, 0.6) is 0 Å². The molecule has 0 bridgehead atoms. The molecule has 0 saturated heterocycles. The Bertz CT molecular complexity index is 120. The number of methoxy groups -OCH3 is 2. The van der Waals surface area contributed by atoms with Crippen molar-refractivity contribution in [2.45, 2.75) is 12.7 Å². The molecule has 0 spiro atoms. The largest absolute Gasteiger partial charge is 0.347 e. The monoisotopic (exact) mass is 210 g/mol. The highest BCUT2D eigenvalue weighted by atomic mass is 79.9. The maximum absolute atomic E-state index is 11.0. The molecule has 3 nitrogen and oxygen atoms in total. The molecule has 4 heteroatoms. The fourth-order valence-corrected chi connectivity index (χ4v) is 0.942. The molecule has 0 unspecified atom stereocenters. The first-order chi connectivity index (χ1) is 4.60. The van der Waals surface area contributed by atoms with Gasteiger partial charge in [-0.05, 0) is 6.92 Å². The number of carbonyl (C=O) groups excluding carboxylic acids is 1. The summed E-state index contributed by atoms with van der Waals surface area (Å²) in [6, 6.07) is 0. The molecule has 0 saturated carbocycles. The van der Waals surface area contributed by atoms with E-state index in [9.17, 15) is 4.79 Å². The van der Waals surface area contributed by atoms with Crippen LogP contribution in [-0.4, -0.2) is 31.1 Å². The summed E-state index contributed by atoms with van der Waals surface area (Å²) >= 11 is 3.02. The van der Waals surface area contributed by atoms with E-state index in [0.29, 0.717) is 0 Å². The molecule has 60 valence electrons. The summed E-state index contributed by atoms with van der Waals surface area (Å²) < 4.78 is 9.68. The van der Waals surface area contributed by atoms with Crippen molar-refractivity contribution in [3.05, 3.63) is 0 Å². The molecule has 0 aromatic rings. The van der Waals surface area contributed by atoms with Crippen LogP contribution < -0.4 is 0 Å². The van der Waals surface area contributed by atoms with Crippen molar-refractivity contribution in [1.82, 2.24) is 0 Å². The van der Waals surface area contributed by atoms with Crippen LogP contribution >= 0.6 is 15.9 Å². The van der Waals surface area contributed by atoms with E-state index in [0.717, 1.165) is 0 Å². The lowest BCUT2D eigenvalue weighted by Gasteiger charge is -2.23. The Hall–Kier alpha value is 0.0700. The first-order valence-corrected chi connectivity index (χ1v) is 3.92. The topological polar surface area (TPSA) is 35.5 Å². The van der Waals surface area contributed by atoms with Crippen molar-refractivity contribution in [1.29, 1.82) is 0 Å². The zero-order valence-electron chi connectivity index (χ0n) is 6.31. The van der Waals surface area contributed by atoms with Crippen LogP contribution in [0.15, 0.2) is 0 Å². The van der Waals surface area contributed by atoms with Gasteiger partial charge in [-0.3, -0.25) is 4.79 Å². The summed E-state index contributed by atoms with van der Waals surface area (Å²) in [5, 5.41) is 0.241. The number of carbonyl (C=O) groups is 1. The number of alkyl halides is 1. The van der Waals surface area contributed by atoms with Gasteiger partial charge in [-0.15, -0.1) is 0 Å². The maximum Gasteiger partial charge on any atom is 0.226 e. The van der Waals surface area contributed by atoms with Crippen LogP contribution in [0.25, 0.3) is 0 Å². The third kappa shape index (κ3) is 2.04. The van der Waals surface area contributed by atoms with Crippen LogP contribution in [-0.2, 0) is 14.3 Å². The molecule has 0 aromatic heterocycles. The van der Waals surface area contributed by atoms with Gasteiger partial charge in [0.15, 0.2) is 0 Å². The third-order valence-electron chi connectivity index (χ3n) is 1.41. The van der Waals surface area contributed by atoms with Crippen molar-refractivity contribution in [2.24, 2.45) is 0 Å². The van der Waals surface area contributed by atoms with Gasteiger partial charge >= 0.3 is 0 Å². The minimum atomic E-state index is -1.09. The Morgan fingerprint density at radius 2 is 1.90 bits per heavy atom. The van der Waals surface area contributed by atoms with Gasteiger partial charge in [0.05, 0.1) is 5.33 Å². The normalized spacial score (nSPS) is 11.6. The summed E-state index contributed by atoms with van der Waals surface area (Å²) in [6.45, 7) is 1.58. The van der Waals surface area contributed by atoms with E-state index in [2.05, 4.69) is 15.9 Å². The zero-order valence-corrected chi connectivity index (χ0v) is 7.90. The minimum absolute atomic E-state index is 0.127.